The molecule has 0 fully saturated rings. The Labute approximate surface area is 219 Å². The van der Waals surface area contributed by atoms with Gasteiger partial charge < -0.3 is 20.4 Å². The van der Waals surface area contributed by atoms with E-state index < -0.39 is 43.8 Å². The van der Waals surface area contributed by atoms with E-state index in [-0.39, 0.29) is 41.5 Å². The molecule has 0 spiro atoms. The second-order valence-electron chi connectivity index (χ2n) is 7.35. The van der Waals surface area contributed by atoms with Gasteiger partial charge in [-0.05, 0) is 48.5 Å². The molecule has 2 aromatic heterocycles. The van der Waals surface area contributed by atoms with E-state index in [9.17, 15) is 37.3 Å². The molecule has 0 aliphatic heterocycles. The molecule has 0 saturated carbocycles. The Balaban J connectivity index is 1.52. The maximum absolute atomic E-state index is 12.6. The summed E-state index contributed by atoms with van der Waals surface area (Å²) in [5, 5.41) is 42.2. The summed E-state index contributed by atoms with van der Waals surface area (Å²) in [5.74, 6) is -3.73. The SMILES string of the molecule is O=S(=O)(On1c(O)c2c(c1O)-c1c-2c(O)n(OS(=O)(=O)c2ccc(Br)cc2)c1O)c1ccc(Br)cc1. The summed E-state index contributed by atoms with van der Waals surface area (Å²) in [7, 11) is -9.05. The van der Waals surface area contributed by atoms with Crippen LogP contribution < -0.4 is 8.57 Å². The van der Waals surface area contributed by atoms with Crippen LogP contribution in [0.4, 0.5) is 0 Å². The second-order valence-corrected chi connectivity index (χ2v) is 12.2. The molecule has 1 aliphatic rings. The van der Waals surface area contributed by atoms with Crippen LogP contribution in [0.1, 0.15) is 0 Å². The zero-order valence-electron chi connectivity index (χ0n) is 17.3. The molecule has 16 heteroatoms. The van der Waals surface area contributed by atoms with Gasteiger partial charge in [0.1, 0.15) is 9.79 Å². The van der Waals surface area contributed by atoms with Gasteiger partial charge in [0.15, 0.2) is 0 Å². The number of nitrogens with zero attached hydrogens (tertiary/aromatic N) is 2. The summed E-state index contributed by atoms with van der Waals surface area (Å²) in [6, 6.07) is 10.6. The molecule has 0 bridgehead atoms. The van der Waals surface area contributed by atoms with Crippen molar-refractivity contribution in [1.82, 2.24) is 9.46 Å². The minimum absolute atomic E-state index is 0.199. The first kappa shape index (κ1) is 24.4. The zero-order valence-corrected chi connectivity index (χ0v) is 22.1. The first-order valence-electron chi connectivity index (χ1n) is 9.58. The first-order valence-corrected chi connectivity index (χ1v) is 14.0. The van der Waals surface area contributed by atoms with E-state index in [2.05, 4.69) is 31.9 Å². The zero-order chi connectivity index (χ0) is 26.2. The largest absolute Gasteiger partial charge is 0.492 e. The second kappa shape index (κ2) is 8.09. The summed E-state index contributed by atoms with van der Waals surface area (Å²) in [5.41, 5.74) is -1.20. The Morgan fingerprint density at radius 2 is 0.778 bits per heavy atom. The lowest BCUT2D eigenvalue weighted by Gasteiger charge is -2.13. The van der Waals surface area contributed by atoms with Crippen molar-refractivity contribution in [3.63, 3.8) is 0 Å². The van der Waals surface area contributed by atoms with Crippen LogP contribution in [0.3, 0.4) is 0 Å². The highest BCUT2D eigenvalue weighted by molar-refractivity contribution is 9.10. The maximum Gasteiger partial charge on any atom is 0.357 e. The van der Waals surface area contributed by atoms with Gasteiger partial charge in [0.05, 0.1) is 22.3 Å². The lowest BCUT2D eigenvalue weighted by atomic mass is 9.86. The number of hydrogen-bond acceptors (Lipinski definition) is 10. The molecule has 4 aromatic rings. The Morgan fingerprint density at radius 3 is 1.03 bits per heavy atom. The molecule has 1 aliphatic carbocycles. The maximum atomic E-state index is 12.6. The van der Waals surface area contributed by atoms with Crippen molar-refractivity contribution in [2.24, 2.45) is 0 Å². The molecular formula is C20H12Br2N2O10S2. The molecule has 36 heavy (non-hydrogen) atoms. The van der Waals surface area contributed by atoms with Crippen LogP contribution in [0.15, 0.2) is 67.3 Å². The van der Waals surface area contributed by atoms with Gasteiger partial charge in [-0.3, -0.25) is 8.57 Å². The minimum atomic E-state index is -4.52. The highest BCUT2D eigenvalue weighted by Gasteiger charge is 2.46. The van der Waals surface area contributed by atoms with E-state index >= 15 is 0 Å². The third-order valence-electron chi connectivity index (χ3n) is 5.21. The first-order chi connectivity index (χ1) is 16.8. The van der Waals surface area contributed by atoms with Gasteiger partial charge in [0, 0.05) is 8.95 Å². The van der Waals surface area contributed by atoms with Crippen molar-refractivity contribution >= 4 is 52.1 Å². The fraction of sp³-hybridized carbons (Fsp3) is 0. The summed E-state index contributed by atoms with van der Waals surface area (Å²) in [4.78, 5) is -0.579. The van der Waals surface area contributed by atoms with Crippen LogP contribution in [0.2, 0.25) is 0 Å². The number of rotatable bonds is 6. The van der Waals surface area contributed by atoms with Gasteiger partial charge in [-0.15, -0.1) is 0 Å². The van der Waals surface area contributed by atoms with Crippen molar-refractivity contribution < 1.29 is 45.8 Å². The molecule has 5 rings (SSSR count). The smallest absolute Gasteiger partial charge is 0.357 e. The topological polar surface area (TPSA) is 178 Å². The molecule has 12 nitrogen and oxygen atoms in total. The molecule has 0 radical (unpaired) electrons. The fourth-order valence-electron chi connectivity index (χ4n) is 3.56. The molecule has 4 N–H and O–H groups in total. The molecular weight excluding hydrogens is 652 g/mol. The van der Waals surface area contributed by atoms with Crippen molar-refractivity contribution in [2.75, 3.05) is 0 Å². The van der Waals surface area contributed by atoms with Crippen molar-refractivity contribution in [3.05, 3.63) is 57.5 Å². The minimum Gasteiger partial charge on any atom is -0.492 e. The van der Waals surface area contributed by atoms with Gasteiger partial charge in [-0.1, -0.05) is 41.3 Å². The van der Waals surface area contributed by atoms with Gasteiger partial charge in [-0.25, -0.2) is 0 Å². The third-order valence-corrected chi connectivity index (χ3v) is 8.66. The molecule has 0 unspecified atom stereocenters. The van der Waals surface area contributed by atoms with E-state index in [0.717, 1.165) is 0 Å². The molecule has 0 saturated heterocycles. The van der Waals surface area contributed by atoms with Crippen LogP contribution in [-0.2, 0) is 20.2 Å². The Kier molecular flexibility index (Phi) is 5.47. The van der Waals surface area contributed by atoms with Gasteiger partial charge in [0.25, 0.3) is 0 Å². The van der Waals surface area contributed by atoms with E-state index in [4.69, 9.17) is 8.57 Å². The average molecular weight is 664 g/mol. The predicted molar refractivity (Wildman–Crippen MR) is 129 cm³/mol. The quantitative estimate of drug-likeness (QED) is 0.211. The highest BCUT2D eigenvalue weighted by Crippen LogP contribution is 2.64. The summed E-state index contributed by atoms with van der Waals surface area (Å²) >= 11 is 6.34. The molecule has 2 heterocycles. The molecule has 2 aromatic carbocycles. The van der Waals surface area contributed by atoms with Gasteiger partial charge in [0.2, 0.25) is 23.5 Å². The number of benzene rings is 2. The predicted octanol–water partition coefficient (Wildman–Crippen LogP) is 2.92. The molecule has 0 amide bonds. The Hall–Kier alpha value is -3.34. The third kappa shape index (κ3) is 3.59. The number of halogens is 2. The van der Waals surface area contributed by atoms with Gasteiger partial charge in [-0.2, -0.15) is 16.8 Å². The van der Waals surface area contributed by atoms with Crippen LogP contribution >= 0.6 is 31.9 Å². The number of hydrogen-bond donors (Lipinski definition) is 4. The Bertz CT molecular complexity index is 1560. The summed E-state index contributed by atoms with van der Waals surface area (Å²) < 4.78 is 61.7. The molecule has 0 atom stereocenters. The van der Waals surface area contributed by atoms with E-state index in [1.807, 2.05) is 0 Å². The summed E-state index contributed by atoms with van der Waals surface area (Å²) in [6.07, 6.45) is 0. The average Bonchev–Trinajstić information content (AvgIpc) is 3.10. The van der Waals surface area contributed by atoms with Crippen molar-refractivity contribution in [2.45, 2.75) is 9.79 Å². The van der Waals surface area contributed by atoms with Crippen LogP contribution in [0.25, 0.3) is 22.3 Å². The van der Waals surface area contributed by atoms with E-state index in [0.29, 0.717) is 8.95 Å². The lowest BCUT2D eigenvalue weighted by molar-refractivity contribution is 0.201. The van der Waals surface area contributed by atoms with Crippen LogP contribution in [0, 0.1) is 0 Å². The number of aromatic nitrogens is 2. The lowest BCUT2D eigenvalue weighted by Crippen LogP contribution is -2.20. The number of fused-ring (bicyclic) bond motifs is 4. The standard InChI is InChI=1S/C20H12Br2N2O10S2/c21-9-1-5-11(6-2-9)35(29,30)33-23-17(25)13-14(18(23)26)16-15(13)19(27)24(20(16)28)34-36(31,32)12-7-3-10(22)4-8-12/h1-8,25-28H. The van der Waals surface area contributed by atoms with Gasteiger partial charge >= 0.3 is 20.2 Å². The van der Waals surface area contributed by atoms with Crippen LogP contribution in [-0.4, -0.2) is 46.7 Å². The fourth-order valence-corrected chi connectivity index (χ4v) is 5.88. The monoisotopic (exact) mass is 662 g/mol. The van der Waals surface area contributed by atoms with E-state index in [1.54, 1.807) is 0 Å². The summed E-state index contributed by atoms with van der Waals surface area (Å²) in [6.45, 7) is 0. The number of aromatic hydroxyl groups is 4. The highest BCUT2D eigenvalue weighted by atomic mass is 79.9. The molecule has 188 valence electrons. The van der Waals surface area contributed by atoms with Crippen molar-refractivity contribution in [1.29, 1.82) is 0 Å². The Morgan fingerprint density at radius 1 is 0.528 bits per heavy atom. The van der Waals surface area contributed by atoms with E-state index in [1.165, 1.54) is 48.5 Å². The van der Waals surface area contributed by atoms with Crippen LogP contribution in [0.5, 0.6) is 23.5 Å². The van der Waals surface area contributed by atoms with Crippen molar-refractivity contribution in [3.8, 4) is 45.8 Å². The normalized spacial score (nSPS) is 12.5.